The van der Waals surface area contributed by atoms with Crippen molar-refractivity contribution in [2.24, 2.45) is 0 Å². The number of nitrogens with one attached hydrogen (secondary N) is 2. The van der Waals surface area contributed by atoms with Gasteiger partial charge in [-0.2, -0.15) is 0 Å². The van der Waals surface area contributed by atoms with Crippen LogP contribution in [0.2, 0.25) is 10.0 Å². The Bertz CT molecular complexity index is 763. The molecular weight excluding hydrogens is 379 g/mol. The molecule has 0 saturated heterocycles. The largest absolute Gasteiger partial charge is 0.490 e. The van der Waals surface area contributed by atoms with Crippen LogP contribution in [0.25, 0.3) is 0 Å². The molecule has 138 valence electrons. The molecule has 0 unspecified atom stereocenters. The third-order valence-corrected chi connectivity index (χ3v) is 3.96. The van der Waals surface area contributed by atoms with Crippen molar-refractivity contribution in [2.45, 2.75) is 13.3 Å². The monoisotopic (exact) mass is 396 g/mol. The fourth-order valence-electron chi connectivity index (χ4n) is 2.07. The Balaban J connectivity index is 1.81. The molecule has 0 aliphatic carbocycles. The molecule has 8 heteroatoms. The van der Waals surface area contributed by atoms with E-state index in [0.717, 1.165) is 0 Å². The zero-order chi connectivity index (χ0) is 18.9. The van der Waals surface area contributed by atoms with Gasteiger partial charge in [0.25, 0.3) is 5.91 Å². The van der Waals surface area contributed by atoms with Gasteiger partial charge in [-0.1, -0.05) is 41.4 Å². The van der Waals surface area contributed by atoms with Gasteiger partial charge in [-0.05, 0) is 36.8 Å². The van der Waals surface area contributed by atoms with Crippen LogP contribution in [0.5, 0.6) is 11.5 Å². The quantitative estimate of drug-likeness (QED) is 0.704. The van der Waals surface area contributed by atoms with E-state index < -0.39 is 11.8 Å². The summed E-state index contributed by atoms with van der Waals surface area (Å²) in [6.07, 6.45) is -0.0627. The topological polar surface area (TPSA) is 76.7 Å². The first-order valence-corrected chi connectivity index (χ1v) is 8.62. The van der Waals surface area contributed by atoms with E-state index in [1.54, 1.807) is 42.5 Å². The number of ether oxygens (including phenoxy) is 2. The van der Waals surface area contributed by atoms with E-state index in [1.807, 2.05) is 6.92 Å². The Kier molecular flexibility index (Phi) is 7.56. The lowest BCUT2D eigenvalue weighted by Crippen LogP contribution is -2.44. The Labute approximate surface area is 161 Å². The molecule has 2 N–H and O–H groups in total. The van der Waals surface area contributed by atoms with Crippen molar-refractivity contribution < 1.29 is 19.1 Å². The smallest absolute Gasteiger partial charge is 0.276 e. The van der Waals surface area contributed by atoms with Gasteiger partial charge in [-0.25, -0.2) is 0 Å². The molecule has 0 aromatic heterocycles. The van der Waals surface area contributed by atoms with Crippen molar-refractivity contribution in [1.29, 1.82) is 0 Å². The first-order valence-electron chi connectivity index (χ1n) is 7.86. The molecule has 0 saturated carbocycles. The average Bonchev–Trinajstić information content (AvgIpc) is 2.62. The van der Waals surface area contributed by atoms with Crippen LogP contribution in [0.3, 0.4) is 0 Å². The minimum Gasteiger partial charge on any atom is -0.490 e. The molecule has 2 aromatic carbocycles. The van der Waals surface area contributed by atoms with Gasteiger partial charge in [0, 0.05) is 10.0 Å². The summed E-state index contributed by atoms with van der Waals surface area (Å²) in [7, 11) is 0. The van der Waals surface area contributed by atoms with Gasteiger partial charge in [0.05, 0.1) is 13.0 Å². The molecule has 0 aliphatic heterocycles. The third-order valence-electron chi connectivity index (χ3n) is 3.25. The first kappa shape index (κ1) is 19.9. The second-order valence-corrected chi connectivity index (χ2v) is 5.96. The number of para-hydroxylation sites is 2. The normalized spacial score (nSPS) is 10.1. The summed E-state index contributed by atoms with van der Waals surface area (Å²) in [5, 5.41) is 0.768. The molecule has 0 fully saturated rings. The summed E-state index contributed by atoms with van der Waals surface area (Å²) < 4.78 is 10.8. The molecule has 0 heterocycles. The fourth-order valence-corrected chi connectivity index (χ4v) is 2.60. The van der Waals surface area contributed by atoms with Gasteiger partial charge in [-0.3, -0.25) is 20.4 Å². The van der Waals surface area contributed by atoms with E-state index in [2.05, 4.69) is 10.9 Å². The predicted molar refractivity (Wildman–Crippen MR) is 99.6 cm³/mol. The number of benzene rings is 2. The summed E-state index contributed by atoms with van der Waals surface area (Å²) in [6, 6.07) is 12.0. The van der Waals surface area contributed by atoms with Crippen molar-refractivity contribution in [1.82, 2.24) is 10.9 Å². The van der Waals surface area contributed by atoms with Crippen molar-refractivity contribution in [3.63, 3.8) is 0 Å². The van der Waals surface area contributed by atoms with Gasteiger partial charge in [0.15, 0.2) is 18.1 Å². The maximum Gasteiger partial charge on any atom is 0.276 e. The number of rotatable bonds is 7. The molecule has 0 bridgehead atoms. The highest BCUT2D eigenvalue weighted by molar-refractivity contribution is 6.36. The molecule has 0 spiro atoms. The van der Waals surface area contributed by atoms with Crippen LogP contribution in [0.4, 0.5) is 0 Å². The second-order valence-electron chi connectivity index (χ2n) is 5.14. The summed E-state index contributed by atoms with van der Waals surface area (Å²) in [5.74, 6) is 0.0110. The maximum atomic E-state index is 11.9. The van der Waals surface area contributed by atoms with Gasteiger partial charge < -0.3 is 9.47 Å². The summed E-state index contributed by atoms with van der Waals surface area (Å²) in [4.78, 5) is 23.8. The Morgan fingerprint density at radius 2 is 1.46 bits per heavy atom. The van der Waals surface area contributed by atoms with E-state index in [4.69, 9.17) is 32.7 Å². The highest BCUT2D eigenvalue weighted by Gasteiger charge is 2.12. The summed E-state index contributed by atoms with van der Waals surface area (Å²) >= 11 is 12.0. The van der Waals surface area contributed by atoms with E-state index in [1.165, 1.54) is 0 Å². The van der Waals surface area contributed by atoms with Crippen LogP contribution in [-0.4, -0.2) is 25.0 Å². The van der Waals surface area contributed by atoms with Crippen LogP contribution in [0, 0.1) is 0 Å². The minimum atomic E-state index is -0.519. The van der Waals surface area contributed by atoms with E-state index in [-0.39, 0.29) is 13.0 Å². The number of carbonyl (C=O) groups excluding carboxylic acids is 2. The molecule has 0 atom stereocenters. The molecule has 2 rings (SSSR count). The molecule has 6 nitrogen and oxygen atoms in total. The summed E-state index contributed by atoms with van der Waals surface area (Å²) in [6.45, 7) is 2.05. The van der Waals surface area contributed by atoms with Crippen molar-refractivity contribution in [2.75, 3.05) is 13.2 Å². The Hall–Kier alpha value is -2.44. The third kappa shape index (κ3) is 5.82. The van der Waals surface area contributed by atoms with E-state index in [0.29, 0.717) is 33.7 Å². The Morgan fingerprint density at radius 3 is 2.08 bits per heavy atom. The molecule has 26 heavy (non-hydrogen) atoms. The lowest BCUT2D eigenvalue weighted by molar-refractivity contribution is -0.129. The molecule has 2 aromatic rings. The van der Waals surface area contributed by atoms with Gasteiger partial charge in [-0.15, -0.1) is 0 Å². The van der Waals surface area contributed by atoms with Crippen LogP contribution >= 0.6 is 23.2 Å². The van der Waals surface area contributed by atoms with Gasteiger partial charge >= 0.3 is 0 Å². The number of hydrogen-bond acceptors (Lipinski definition) is 4. The van der Waals surface area contributed by atoms with Crippen molar-refractivity contribution in [3.8, 4) is 11.5 Å². The van der Waals surface area contributed by atoms with Gasteiger partial charge in [0.2, 0.25) is 5.91 Å². The standard InChI is InChI=1S/C18H18Cl2N2O4/c1-2-25-15-8-3-4-9-16(15)26-11-18(24)22-21-17(23)10-12-13(19)6-5-7-14(12)20/h3-9H,2,10-11H2,1H3,(H,21,23)(H,22,24). The molecular formula is C18H18Cl2N2O4. The zero-order valence-electron chi connectivity index (χ0n) is 14.1. The zero-order valence-corrected chi connectivity index (χ0v) is 15.6. The molecule has 0 radical (unpaired) electrons. The number of halogens is 2. The van der Waals surface area contributed by atoms with Crippen LogP contribution in [0.15, 0.2) is 42.5 Å². The number of carbonyl (C=O) groups is 2. The number of hydrazine groups is 1. The first-order chi connectivity index (χ1) is 12.5. The van der Waals surface area contributed by atoms with Crippen LogP contribution in [0.1, 0.15) is 12.5 Å². The fraction of sp³-hybridized carbons (Fsp3) is 0.222. The molecule has 2 amide bonds. The van der Waals surface area contributed by atoms with E-state index >= 15 is 0 Å². The lowest BCUT2D eigenvalue weighted by Gasteiger charge is -2.12. The Morgan fingerprint density at radius 1 is 0.885 bits per heavy atom. The SMILES string of the molecule is CCOc1ccccc1OCC(=O)NNC(=O)Cc1c(Cl)cccc1Cl. The van der Waals surface area contributed by atoms with Crippen molar-refractivity contribution in [3.05, 3.63) is 58.1 Å². The predicted octanol–water partition coefficient (Wildman–Crippen LogP) is 3.16. The van der Waals surface area contributed by atoms with Gasteiger partial charge in [0.1, 0.15) is 0 Å². The lowest BCUT2D eigenvalue weighted by atomic mass is 10.1. The number of amides is 2. The highest BCUT2D eigenvalue weighted by Crippen LogP contribution is 2.26. The molecule has 0 aliphatic rings. The van der Waals surface area contributed by atoms with Crippen molar-refractivity contribution >= 4 is 35.0 Å². The van der Waals surface area contributed by atoms with E-state index in [9.17, 15) is 9.59 Å². The maximum absolute atomic E-state index is 11.9. The van der Waals surface area contributed by atoms with Crippen LogP contribution < -0.4 is 20.3 Å². The minimum absolute atomic E-state index is 0.0627. The average molecular weight is 397 g/mol. The summed E-state index contributed by atoms with van der Waals surface area (Å²) in [5.41, 5.74) is 5.06. The second kappa shape index (κ2) is 9.89. The highest BCUT2D eigenvalue weighted by atomic mass is 35.5. The number of hydrogen-bond donors (Lipinski definition) is 2. The van der Waals surface area contributed by atoms with Crippen LogP contribution in [-0.2, 0) is 16.0 Å².